The Morgan fingerprint density at radius 2 is 2.19 bits per heavy atom. The molecule has 1 aromatic rings. The molecule has 1 N–H and O–H groups in total. The number of fused-ring (bicyclic) bond motifs is 1. The Morgan fingerprint density at radius 3 is 2.92 bits per heavy atom. The molecule has 0 aliphatic carbocycles. The van der Waals surface area contributed by atoms with Gasteiger partial charge in [-0.15, -0.1) is 0 Å². The molecule has 0 bridgehead atoms. The quantitative estimate of drug-likeness (QED) is 0.802. The van der Waals surface area contributed by atoms with Gasteiger partial charge < -0.3 is 19.9 Å². The van der Waals surface area contributed by atoms with Crippen LogP contribution in [0, 0.1) is 0 Å². The number of hydrogen-bond donors (Lipinski definition) is 1. The minimum absolute atomic E-state index is 0.00678. The SMILES string of the molecule is COc1ncc(C2=CC(=O)N3C=C(N4CCNCC4)C=CC3P2)cc1Cl. The van der Waals surface area contributed by atoms with Crippen LogP contribution in [-0.2, 0) is 4.79 Å². The molecule has 0 saturated carbocycles. The minimum Gasteiger partial charge on any atom is -0.480 e. The molecule has 0 aromatic carbocycles. The lowest BCUT2D eigenvalue weighted by molar-refractivity contribution is -0.123. The predicted molar refractivity (Wildman–Crippen MR) is 104 cm³/mol. The van der Waals surface area contributed by atoms with Crippen LogP contribution in [0.3, 0.4) is 0 Å². The van der Waals surface area contributed by atoms with Crippen LogP contribution in [0.5, 0.6) is 5.88 Å². The number of piperazine rings is 1. The molecule has 1 fully saturated rings. The van der Waals surface area contributed by atoms with Crippen molar-refractivity contribution >= 4 is 31.4 Å². The Bertz CT molecular complexity index is 817. The molecular formula is C18H20ClN4O2P. The number of carbonyl (C=O) groups excluding carboxylic acids is 1. The average molecular weight is 391 g/mol. The largest absolute Gasteiger partial charge is 0.480 e. The summed E-state index contributed by atoms with van der Waals surface area (Å²) < 4.78 is 5.10. The molecule has 1 aromatic heterocycles. The Hall–Kier alpha value is -1.88. The van der Waals surface area contributed by atoms with Gasteiger partial charge in [0.1, 0.15) is 5.02 Å². The van der Waals surface area contributed by atoms with Crippen LogP contribution in [0.4, 0.5) is 0 Å². The van der Waals surface area contributed by atoms with E-state index in [1.54, 1.807) is 12.3 Å². The van der Waals surface area contributed by atoms with Crippen molar-refractivity contribution in [3.05, 3.63) is 53.0 Å². The van der Waals surface area contributed by atoms with E-state index in [9.17, 15) is 4.79 Å². The fourth-order valence-corrected chi connectivity index (χ4v) is 4.87. The van der Waals surface area contributed by atoms with Gasteiger partial charge in [0.05, 0.1) is 18.6 Å². The highest BCUT2D eigenvalue weighted by Gasteiger charge is 2.30. The second kappa shape index (κ2) is 7.39. The topological polar surface area (TPSA) is 57.7 Å². The smallest absolute Gasteiger partial charge is 0.252 e. The Labute approximate surface area is 159 Å². The number of carbonyl (C=O) groups is 1. The molecule has 4 heterocycles. The number of nitrogens with zero attached hydrogens (tertiary/aromatic N) is 3. The Morgan fingerprint density at radius 1 is 1.38 bits per heavy atom. The normalized spacial score (nSPS) is 23.6. The van der Waals surface area contributed by atoms with Crippen LogP contribution in [0.25, 0.3) is 5.31 Å². The van der Waals surface area contributed by atoms with Gasteiger partial charge in [-0.05, 0) is 17.5 Å². The number of halogens is 1. The zero-order valence-electron chi connectivity index (χ0n) is 14.4. The van der Waals surface area contributed by atoms with Gasteiger partial charge in [0.15, 0.2) is 0 Å². The zero-order chi connectivity index (χ0) is 18.1. The molecular weight excluding hydrogens is 371 g/mol. The summed E-state index contributed by atoms with van der Waals surface area (Å²) in [5.41, 5.74) is 1.97. The van der Waals surface area contributed by atoms with Crippen molar-refractivity contribution in [3.63, 3.8) is 0 Å². The maximum absolute atomic E-state index is 12.7. The van der Waals surface area contributed by atoms with Gasteiger partial charge in [-0.3, -0.25) is 4.79 Å². The summed E-state index contributed by atoms with van der Waals surface area (Å²) in [4.78, 5) is 21.1. The fourth-order valence-electron chi connectivity index (χ4n) is 3.27. The molecule has 0 radical (unpaired) electrons. The first-order chi connectivity index (χ1) is 12.7. The van der Waals surface area contributed by atoms with E-state index in [2.05, 4.69) is 27.4 Å². The van der Waals surface area contributed by atoms with Gasteiger partial charge >= 0.3 is 0 Å². The van der Waals surface area contributed by atoms with E-state index in [0.717, 1.165) is 42.8 Å². The van der Waals surface area contributed by atoms with Crippen molar-refractivity contribution in [2.75, 3.05) is 33.3 Å². The standard InChI is InChI=1S/C18H20ClN4O2P/c1-25-18-14(19)8-12(10-21-18)15-9-16(24)23-11-13(2-3-17(23)26-15)22-6-4-20-5-7-22/h2-3,8-11,17,20,26H,4-7H2,1H3. The number of methoxy groups -OCH3 is 1. The van der Waals surface area contributed by atoms with Gasteiger partial charge in [-0.25, -0.2) is 4.98 Å². The highest BCUT2D eigenvalue weighted by molar-refractivity contribution is 7.51. The van der Waals surface area contributed by atoms with Crippen LogP contribution >= 0.6 is 20.2 Å². The third-order valence-corrected chi connectivity index (χ3v) is 6.42. The van der Waals surface area contributed by atoms with Crippen molar-refractivity contribution in [2.45, 2.75) is 5.78 Å². The maximum Gasteiger partial charge on any atom is 0.252 e. The van der Waals surface area contributed by atoms with Crippen LogP contribution in [0.15, 0.2) is 42.4 Å². The van der Waals surface area contributed by atoms with Gasteiger partial charge in [0.2, 0.25) is 5.88 Å². The molecule has 1 saturated heterocycles. The van der Waals surface area contributed by atoms with Crippen LogP contribution in [0.2, 0.25) is 5.02 Å². The third-order valence-electron chi connectivity index (χ3n) is 4.64. The van der Waals surface area contributed by atoms with E-state index in [-0.39, 0.29) is 11.7 Å². The third kappa shape index (κ3) is 3.37. The summed E-state index contributed by atoms with van der Waals surface area (Å²) in [6.07, 6.45) is 9.65. The number of hydrogen-bond acceptors (Lipinski definition) is 5. The molecule has 1 amide bonds. The second-order valence-electron chi connectivity index (χ2n) is 6.26. The lowest BCUT2D eigenvalue weighted by Gasteiger charge is -2.37. The van der Waals surface area contributed by atoms with Gasteiger partial charge in [-0.1, -0.05) is 26.3 Å². The average Bonchev–Trinajstić information content (AvgIpc) is 2.68. The molecule has 2 atom stereocenters. The van der Waals surface area contributed by atoms with E-state index in [4.69, 9.17) is 16.3 Å². The van der Waals surface area contributed by atoms with Crippen molar-refractivity contribution in [1.29, 1.82) is 0 Å². The first-order valence-corrected chi connectivity index (χ1v) is 9.97. The van der Waals surface area contributed by atoms with E-state index in [1.165, 1.54) is 7.11 Å². The predicted octanol–water partition coefficient (Wildman–Crippen LogP) is 2.25. The van der Waals surface area contributed by atoms with Crippen molar-refractivity contribution in [1.82, 2.24) is 20.1 Å². The Kier molecular flexibility index (Phi) is 4.98. The maximum atomic E-state index is 12.7. The summed E-state index contributed by atoms with van der Waals surface area (Å²) >= 11 is 6.19. The van der Waals surface area contributed by atoms with Crippen LogP contribution in [0.1, 0.15) is 5.56 Å². The summed E-state index contributed by atoms with van der Waals surface area (Å²) in [6.45, 7) is 3.86. The van der Waals surface area contributed by atoms with E-state index < -0.39 is 0 Å². The van der Waals surface area contributed by atoms with Crippen LogP contribution in [-0.4, -0.2) is 59.8 Å². The number of aromatic nitrogens is 1. The summed E-state index contributed by atoms with van der Waals surface area (Å²) in [5.74, 6) is 0.437. The molecule has 26 heavy (non-hydrogen) atoms. The van der Waals surface area contributed by atoms with E-state index in [1.807, 2.05) is 17.2 Å². The van der Waals surface area contributed by atoms with Crippen molar-refractivity contribution in [2.24, 2.45) is 0 Å². The van der Waals surface area contributed by atoms with Gasteiger partial charge in [0, 0.05) is 50.2 Å². The highest BCUT2D eigenvalue weighted by atomic mass is 35.5. The molecule has 3 aliphatic rings. The number of nitrogens with one attached hydrogen (secondary N) is 1. The molecule has 8 heteroatoms. The molecule has 3 aliphatic heterocycles. The molecule has 4 rings (SSSR count). The molecule has 0 spiro atoms. The highest BCUT2D eigenvalue weighted by Crippen LogP contribution is 2.45. The van der Waals surface area contributed by atoms with Crippen LogP contribution < -0.4 is 10.1 Å². The van der Waals surface area contributed by atoms with Crippen molar-refractivity contribution < 1.29 is 9.53 Å². The summed E-state index contributed by atoms with van der Waals surface area (Å²) in [7, 11) is 1.98. The summed E-state index contributed by atoms with van der Waals surface area (Å²) in [6, 6.07) is 1.81. The number of allylic oxidation sites excluding steroid dienone is 1. The zero-order valence-corrected chi connectivity index (χ0v) is 16.2. The molecule has 2 unspecified atom stereocenters. The van der Waals surface area contributed by atoms with E-state index in [0.29, 0.717) is 19.5 Å². The second-order valence-corrected chi connectivity index (χ2v) is 8.08. The molecule has 136 valence electrons. The number of ether oxygens (including phenoxy) is 1. The first-order valence-electron chi connectivity index (χ1n) is 8.52. The lowest BCUT2D eigenvalue weighted by Crippen LogP contribution is -2.44. The van der Waals surface area contributed by atoms with Gasteiger partial charge in [0.25, 0.3) is 5.91 Å². The number of rotatable bonds is 3. The monoisotopic (exact) mass is 390 g/mol. The van der Waals surface area contributed by atoms with Crippen molar-refractivity contribution in [3.8, 4) is 5.88 Å². The molecule has 6 nitrogen and oxygen atoms in total. The fraction of sp³-hybridized carbons (Fsp3) is 0.333. The van der Waals surface area contributed by atoms with E-state index >= 15 is 0 Å². The number of amides is 1. The van der Waals surface area contributed by atoms with Gasteiger partial charge in [-0.2, -0.15) is 0 Å². The Balaban J connectivity index is 1.57. The lowest BCUT2D eigenvalue weighted by atomic mass is 10.2. The number of pyridine rings is 1. The minimum atomic E-state index is -0.00678. The summed E-state index contributed by atoms with van der Waals surface area (Å²) in [5, 5.41) is 4.77. The first kappa shape index (κ1) is 17.5.